The predicted octanol–water partition coefficient (Wildman–Crippen LogP) is 1.77. The first-order valence-electron chi connectivity index (χ1n) is 5.12. The van der Waals surface area contributed by atoms with Crippen LogP contribution in [0.15, 0.2) is 0 Å². The molecular formula is C10H17NO4S. The molecule has 0 radical (unpaired) electrons. The van der Waals surface area contributed by atoms with Crippen LogP contribution in [0.25, 0.3) is 0 Å². The van der Waals surface area contributed by atoms with Gasteiger partial charge in [0, 0.05) is 12.3 Å². The minimum atomic E-state index is -0.895. The Bertz CT molecular complexity index is 287. The summed E-state index contributed by atoms with van der Waals surface area (Å²) in [4.78, 5) is 23.9. The first-order chi connectivity index (χ1) is 7.29. The number of ether oxygens (including phenoxy) is 1. The summed E-state index contributed by atoms with van der Waals surface area (Å²) in [5.41, 5.74) is -0.544. The summed E-state index contributed by atoms with van der Waals surface area (Å²) in [7, 11) is 0. The number of carboxylic acids is 1. The molecule has 1 fully saturated rings. The Hall–Kier alpha value is -0.910. The van der Waals surface area contributed by atoms with Gasteiger partial charge in [-0.05, 0) is 20.8 Å². The number of amides is 1. The van der Waals surface area contributed by atoms with Crippen LogP contribution < -0.4 is 0 Å². The van der Waals surface area contributed by atoms with Crippen LogP contribution in [0.2, 0.25) is 0 Å². The number of hydrogen-bond donors (Lipinski definition) is 1. The molecule has 1 saturated heterocycles. The van der Waals surface area contributed by atoms with Crippen molar-refractivity contribution in [3.05, 3.63) is 0 Å². The molecule has 1 heterocycles. The highest BCUT2D eigenvalue weighted by atomic mass is 32.2. The fourth-order valence-electron chi connectivity index (χ4n) is 1.37. The normalized spacial score (nSPS) is 20.9. The lowest BCUT2D eigenvalue weighted by Crippen LogP contribution is -2.40. The second-order valence-corrected chi connectivity index (χ2v) is 5.88. The number of hydrogen-bond acceptors (Lipinski definition) is 4. The Labute approximate surface area is 99.1 Å². The Balaban J connectivity index is 2.57. The van der Waals surface area contributed by atoms with Gasteiger partial charge < -0.3 is 9.84 Å². The molecular weight excluding hydrogens is 230 g/mol. The zero-order valence-electron chi connectivity index (χ0n) is 9.73. The van der Waals surface area contributed by atoms with Crippen molar-refractivity contribution in [2.24, 2.45) is 0 Å². The number of aliphatic carboxylic acids is 1. The highest BCUT2D eigenvalue weighted by Gasteiger charge is 2.33. The van der Waals surface area contributed by atoms with Gasteiger partial charge in [-0.25, -0.2) is 4.79 Å². The molecule has 1 N–H and O–H groups in total. The van der Waals surface area contributed by atoms with Gasteiger partial charge in [-0.2, -0.15) is 0 Å². The van der Waals surface area contributed by atoms with Crippen LogP contribution in [-0.4, -0.2) is 45.3 Å². The van der Waals surface area contributed by atoms with Gasteiger partial charge in [0.15, 0.2) is 0 Å². The Morgan fingerprint density at radius 3 is 2.62 bits per heavy atom. The van der Waals surface area contributed by atoms with Crippen LogP contribution in [0.3, 0.4) is 0 Å². The van der Waals surface area contributed by atoms with Gasteiger partial charge in [-0.15, -0.1) is 11.8 Å². The van der Waals surface area contributed by atoms with Gasteiger partial charge in [-0.1, -0.05) is 0 Å². The molecule has 0 spiro atoms. The van der Waals surface area contributed by atoms with E-state index in [-0.39, 0.29) is 11.8 Å². The third-order valence-electron chi connectivity index (χ3n) is 1.97. The number of rotatable bonds is 2. The maximum atomic E-state index is 11.8. The molecule has 0 saturated carbocycles. The second kappa shape index (κ2) is 4.95. The Morgan fingerprint density at radius 1 is 1.50 bits per heavy atom. The SMILES string of the molecule is CC(C)(C)OC(=O)N1CCSC1CC(=O)O. The minimum Gasteiger partial charge on any atom is -0.481 e. The van der Waals surface area contributed by atoms with Gasteiger partial charge >= 0.3 is 12.1 Å². The molecule has 1 rings (SSSR count). The summed E-state index contributed by atoms with van der Waals surface area (Å²) in [6, 6.07) is 0. The zero-order valence-corrected chi connectivity index (χ0v) is 10.5. The van der Waals surface area contributed by atoms with E-state index >= 15 is 0 Å². The molecule has 5 nitrogen and oxygen atoms in total. The summed E-state index contributed by atoms with van der Waals surface area (Å²) in [5, 5.41) is 8.42. The van der Waals surface area contributed by atoms with Crippen molar-refractivity contribution < 1.29 is 19.4 Å². The van der Waals surface area contributed by atoms with E-state index < -0.39 is 17.7 Å². The van der Waals surface area contributed by atoms with Gasteiger partial charge in [0.25, 0.3) is 0 Å². The van der Waals surface area contributed by atoms with Crippen LogP contribution >= 0.6 is 11.8 Å². The lowest BCUT2D eigenvalue weighted by molar-refractivity contribution is -0.137. The Morgan fingerprint density at radius 2 is 2.12 bits per heavy atom. The van der Waals surface area contributed by atoms with Crippen molar-refractivity contribution in [2.75, 3.05) is 12.3 Å². The summed E-state index contributed by atoms with van der Waals surface area (Å²) >= 11 is 1.48. The van der Waals surface area contributed by atoms with Crippen molar-refractivity contribution in [1.82, 2.24) is 4.90 Å². The third-order valence-corrected chi connectivity index (χ3v) is 3.19. The minimum absolute atomic E-state index is 0.0378. The van der Waals surface area contributed by atoms with Crippen molar-refractivity contribution in [1.29, 1.82) is 0 Å². The van der Waals surface area contributed by atoms with Crippen molar-refractivity contribution in [3.8, 4) is 0 Å². The molecule has 0 bridgehead atoms. The van der Waals surface area contributed by atoms with E-state index in [4.69, 9.17) is 9.84 Å². The molecule has 1 aliphatic rings. The fraction of sp³-hybridized carbons (Fsp3) is 0.800. The van der Waals surface area contributed by atoms with Crippen LogP contribution in [0, 0.1) is 0 Å². The fourth-order valence-corrected chi connectivity index (χ4v) is 2.57. The van der Waals surface area contributed by atoms with Crippen LogP contribution in [0.4, 0.5) is 4.79 Å². The van der Waals surface area contributed by atoms with Crippen molar-refractivity contribution in [2.45, 2.75) is 38.2 Å². The number of carbonyl (C=O) groups is 2. The molecule has 16 heavy (non-hydrogen) atoms. The van der Waals surface area contributed by atoms with Gasteiger partial charge in [-0.3, -0.25) is 9.69 Å². The average molecular weight is 247 g/mol. The molecule has 92 valence electrons. The van der Waals surface area contributed by atoms with E-state index in [1.54, 1.807) is 20.8 Å². The first kappa shape index (κ1) is 13.2. The second-order valence-electron chi connectivity index (χ2n) is 4.60. The van der Waals surface area contributed by atoms with Crippen LogP contribution in [0.1, 0.15) is 27.2 Å². The van der Waals surface area contributed by atoms with E-state index in [0.717, 1.165) is 5.75 Å². The summed E-state index contributed by atoms with van der Waals surface area (Å²) in [5.74, 6) is -0.134. The molecule has 0 aromatic carbocycles. The lowest BCUT2D eigenvalue weighted by Gasteiger charge is -2.27. The Kier molecular flexibility index (Phi) is 4.07. The predicted molar refractivity (Wildman–Crippen MR) is 61.4 cm³/mol. The van der Waals surface area contributed by atoms with Gasteiger partial charge in [0.2, 0.25) is 0 Å². The van der Waals surface area contributed by atoms with Crippen molar-refractivity contribution >= 4 is 23.8 Å². The van der Waals surface area contributed by atoms with E-state index in [2.05, 4.69) is 0 Å². The number of nitrogens with zero attached hydrogens (tertiary/aromatic N) is 1. The highest BCUT2D eigenvalue weighted by Crippen LogP contribution is 2.27. The maximum absolute atomic E-state index is 11.8. The molecule has 0 aromatic rings. The summed E-state index contributed by atoms with van der Waals surface area (Å²) < 4.78 is 5.21. The topological polar surface area (TPSA) is 66.8 Å². The molecule has 0 aromatic heterocycles. The van der Waals surface area contributed by atoms with Gasteiger partial charge in [0.1, 0.15) is 5.60 Å². The van der Waals surface area contributed by atoms with E-state index in [9.17, 15) is 9.59 Å². The van der Waals surface area contributed by atoms with E-state index in [1.165, 1.54) is 16.7 Å². The highest BCUT2D eigenvalue weighted by molar-refractivity contribution is 8.00. The molecule has 1 atom stereocenters. The smallest absolute Gasteiger partial charge is 0.411 e. The molecule has 1 amide bonds. The van der Waals surface area contributed by atoms with Crippen molar-refractivity contribution in [3.63, 3.8) is 0 Å². The third kappa shape index (κ3) is 3.92. The molecule has 1 aliphatic heterocycles. The van der Waals surface area contributed by atoms with E-state index in [1.807, 2.05) is 0 Å². The lowest BCUT2D eigenvalue weighted by atomic mass is 10.2. The summed E-state index contributed by atoms with van der Waals surface area (Å²) in [6.07, 6.45) is -0.465. The molecule has 1 unspecified atom stereocenters. The quantitative estimate of drug-likeness (QED) is 0.805. The monoisotopic (exact) mass is 247 g/mol. The van der Waals surface area contributed by atoms with E-state index in [0.29, 0.717) is 6.54 Å². The zero-order chi connectivity index (χ0) is 12.3. The largest absolute Gasteiger partial charge is 0.481 e. The molecule has 0 aliphatic carbocycles. The maximum Gasteiger partial charge on any atom is 0.411 e. The standard InChI is InChI=1S/C10H17NO4S/c1-10(2,3)15-9(14)11-4-5-16-7(11)6-8(12)13/h7H,4-6H2,1-3H3,(H,12,13). The van der Waals surface area contributed by atoms with Crippen LogP contribution in [0.5, 0.6) is 0 Å². The molecule has 6 heteroatoms. The average Bonchev–Trinajstić information content (AvgIpc) is 2.47. The first-order valence-corrected chi connectivity index (χ1v) is 6.17. The number of carboxylic acid groups (broad SMARTS) is 1. The van der Waals surface area contributed by atoms with Gasteiger partial charge in [0.05, 0.1) is 11.8 Å². The van der Waals surface area contributed by atoms with Crippen LogP contribution in [-0.2, 0) is 9.53 Å². The number of thioether (sulfide) groups is 1. The number of carbonyl (C=O) groups excluding carboxylic acids is 1. The summed E-state index contributed by atoms with van der Waals surface area (Å²) in [6.45, 7) is 5.93.